The molecule has 0 saturated heterocycles. The third-order valence-electron chi connectivity index (χ3n) is 13.2. The van der Waals surface area contributed by atoms with Crippen molar-refractivity contribution < 1.29 is 9.47 Å². The molecule has 0 spiro atoms. The number of ether oxygens (including phenoxy) is 2. The van der Waals surface area contributed by atoms with Crippen LogP contribution in [0.25, 0.3) is 0 Å². The highest BCUT2D eigenvalue weighted by Gasteiger charge is 2.48. The van der Waals surface area contributed by atoms with Crippen molar-refractivity contribution in [2.75, 3.05) is 26.2 Å². The molecule has 2 unspecified atom stereocenters. The third-order valence-corrected chi connectivity index (χ3v) is 19.5. The van der Waals surface area contributed by atoms with Crippen LogP contribution < -0.4 is 0 Å². The highest BCUT2D eigenvalue weighted by atomic mass is 32.4. The smallest absolute Gasteiger partial charge is 0.0856 e. The average Bonchev–Trinajstić information content (AvgIpc) is 3.18. The van der Waals surface area contributed by atoms with E-state index in [1.165, 1.54) is 199 Å². The van der Waals surface area contributed by atoms with Crippen LogP contribution in [0.4, 0.5) is 0 Å². The maximum absolute atomic E-state index is 7.78. The second-order valence-electron chi connectivity index (χ2n) is 17.2. The zero-order chi connectivity index (χ0) is 37.1. The van der Waals surface area contributed by atoms with Gasteiger partial charge in [-0.2, -0.15) is 0 Å². The second-order valence-corrected chi connectivity index (χ2v) is 21.7. The van der Waals surface area contributed by atoms with Gasteiger partial charge in [-0.05, 0) is 38.5 Å². The molecule has 0 aromatic heterocycles. The van der Waals surface area contributed by atoms with Crippen molar-refractivity contribution in [3.63, 3.8) is 0 Å². The van der Waals surface area contributed by atoms with Crippen LogP contribution in [0.1, 0.15) is 240 Å². The van der Waals surface area contributed by atoms with Crippen molar-refractivity contribution in [2.45, 2.75) is 270 Å². The third kappa shape index (κ3) is 17.3. The molecule has 0 aliphatic heterocycles. The van der Waals surface area contributed by atoms with Gasteiger partial charge < -0.3 is 9.47 Å². The Hall–Kier alpha value is 0.490. The first-order valence-corrected chi connectivity index (χ1v) is 26.8. The Bertz CT molecular complexity index is 790. The molecule has 308 valence electrons. The Kier molecular flexibility index (Phi) is 26.8. The van der Waals surface area contributed by atoms with Crippen LogP contribution in [0.5, 0.6) is 0 Å². The van der Waals surface area contributed by atoms with Gasteiger partial charge in [0.1, 0.15) is 0 Å². The fourth-order valence-electron chi connectivity index (χ4n) is 10.1. The lowest BCUT2D eigenvalue weighted by Crippen LogP contribution is -2.50. The predicted octanol–water partition coefficient (Wildman–Crippen LogP) is 14.8. The van der Waals surface area contributed by atoms with Gasteiger partial charge in [0, 0.05) is 26.2 Å². The van der Waals surface area contributed by atoms with E-state index in [0.29, 0.717) is 12.2 Å². The Labute approximate surface area is 331 Å². The minimum Gasteiger partial charge on any atom is -0.374 e. The molecule has 0 aromatic rings. The molecule has 0 radical (unpaired) electrons. The molecule has 3 rings (SSSR count). The van der Waals surface area contributed by atoms with Crippen molar-refractivity contribution in [3.8, 4) is 0 Å². The monoisotopic (exact) mass is 767 g/mol. The van der Waals surface area contributed by atoms with Crippen LogP contribution in [0, 0.1) is 0 Å². The van der Waals surface area contributed by atoms with Gasteiger partial charge in [-0.3, -0.25) is 9.34 Å². The molecule has 3 aliphatic rings. The highest BCUT2D eigenvalue weighted by Crippen LogP contribution is 2.61. The maximum atomic E-state index is 7.78. The first-order chi connectivity index (χ1) is 25.6. The summed E-state index contributed by atoms with van der Waals surface area (Å²) < 4.78 is 21.1. The minimum atomic E-state index is -2.22. The minimum absolute atomic E-state index is 0.187. The largest absolute Gasteiger partial charge is 0.374 e. The summed E-state index contributed by atoms with van der Waals surface area (Å²) in [4.78, 5) is 0. The topological polar surface area (TPSA) is 24.9 Å². The molecule has 0 heterocycles. The number of hydrogen-bond acceptors (Lipinski definition) is 3. The van der Waals surface area contributed by atoms with E-state index in [-0.39, 0.29) is 17.9 Å². The van der Waals surface area contributed by atoms with Crippen molar-refractivity contribution in [1.29, 1.82) is 0 Å². The fraction of sp³-hybridized carbons (Fsp3) is 1.00. The van der Waals surface area contributed by atoms with Crippen LogP contribution in [0.3, 0.4) is 0 Å². The van der Waals surface area contributed by atoms with E-state index in [2.05, 4.69) is 37.0 Å². The quantitative estimate of drug-likeness (QED) is 0.195. The average molecular weight is 767 g/mol. The van der Waals surface area contributed by atoms with E-state index in [0.717, 1.165) is 39.0 Å². The van der Waals surface area contributed by atoms with Gasteiger partial charge >= 0.3 is 0 Å². The number of nitrogens with zero attached hydrogens (tertiary/aromatic N) is 2. The van der Waals surface area contributed by atoms with Crippen molar-refractivity contribution in [1.82, 2.24) is 9.34 Å². The Balaban J connectivity index is 2.07. The second kappa shape index (κ2) is 29.7. The number of hydrogen-bond donors (Lipinski definition) is 0. The highest BCUT2D eigenvalue weighted by molar-refractivity contribution is 8.12. The van der Waals surface area contributed by atoms with Gasteiger partial charge in [0.05, 0.1) is 36.4 Å². The first kappa shape index (κ1) is 46.9. The number of rotatable bonds is 11. The van der Waals surface area contributed by atoms with Crippen LogP contribution >= 0.6 is 6.34 Å². The molecule has 0 amide bonds. The van der Waals surface area contributed by atoms with Crippen molar-refractivity contribution in [3.05, 3.63) is 0 Å². The summed E-state index contributed by atoms with van der Waals surface area (Å²) in [6.45, 7) is 13.6. The van der Waals surface area contributed by atoms with Gasteiger partial charge in [0.25, 0.3) is 0 Å². The standard InChI is InChI=1S/C46H91N2O2PS/c1-5-47(6-2)51(52,48(7-3)8-4)46-44(49-42-36-30-24-18-13-9-10-14-19-25-31-37-42)40-34-28-22-17-23-29-35-41-45(46)50-43-38-32-26-20-15-11-12-16-21-27-33-39-43/h42-46H,5-41H2,1-4H3. The molecule has 3 fully saturated rings. The van der Waals surface area contributed by atoms with E-state index in [1.807, 2.05) is 0 Å². The van der Waals surface area contributed by atoms with E-state index in [1.54, 1.807) is 0 Å². The molecule has 0 N–H and O–H groups in total. The van der Waals surface area contributed by atoms with Crippen molar-refractivity contribution in [2.24, 2.45) is 0 Å². The van der Waals surface area contributed by atoms with Crippen LogP contribution in [-0.4, -0.2) is 65.6 Å². The molecule has 3 saturated carbocycles. The maximum Gasteiger partial charge on any atom is 0.0856 e. The molecule has 6 heteroatoms. The Morgan fingerprint density at radius 3 is 0.808 bits per heavy atom. The molecule has 0 aromatic carbocycles. The molecule has 3 aliphatic carbocycles. The molecular weight excluding hydrogens is 676 g/mol. The first-order valence-electron chi connectivity index (χ1n) is 24.0. The molecule has 0 bridgehead atoms. The van der Waals surface area contributed by atoms with E-state index in [4.69, 9.17) is 21.3 Å². The van der Waals surface area contributed by atoms with Gasteiger partial charge in [-0.1, -0.05) is 213 Å². The van der Waals surface area contributed by atoms with Gasteiger partial charge in [-0.15, -0.1) is 0 Å². The Morgan fingerprint density at radius 2 is 0.577 bits per heavy atom. The van der Waals surface area contributed by atoms with Gasteiger partial charge in [0.2, 0.25) is 0 Å². The lowest BCUT2D eigenvalue weighted by atomic mass is 9.95. The summed E-state index contributed by atoms with van der Waals surface area (Å²) in [5.41, 5.74) is 0.260. The summed E-state index contributed by atoms with van der Waals surface area (Å²) in [5.74, 6) is 0. The molecule has 52 heavy (non-hydrogen) atoms. The van der Waals surface area contributed by atoms with Crippen LogP contribution in [0.2, 0.25) is 0 Å². The zero-order valence-corrected chi connectivity index (χ0v) is 37.3. The normalized spacial score (nSPS) is 27.2. The summed E-state index contributed by atoms with van der Waals surface area (Å²) in [6.07, 6.45) is 43.3. The van der Waals surface area contributed by atoms with Crippen molar-refractivity contribution >= 4 is 18.1 Å². The Morgan fingerprint density at radius 1 is 0.365 bits per heavy atom. The van der Waals surface area contributed by atoms with Crippen LogP contribution in [-0.2, 0) is 21.3 Å². The zero-order valence-electron chi connectivity index (χ0n) is 35.6. The summed E-state index contributed by atoms with van der Waals surface area (Å²) in [5, 5.41) is 0. The molecule has 2 atom stereocenters. The lowest BCUT2D eigenvalue weighted by Gasteiger charge is -2.51. The van der Waals surface area contributed by atoms with Crippen LogP contribution in [0.15, 0.2) is 0 Å². The molecule has 4 nitrogen and oxygen atoms in total. The molecular formula is C46H91N2O2PS. The lowest BCUT2D eigenvalue weighted by molar-refractivity contribution is -0.0826. The van der Waals surface area contributed by atoms with Gasteiger partial charge in [-0.25, -0.2) is 0 Å². The fourth-order valence-corrected chi connectivity index (χ4v) is 16.3. The SMILES string of the molecule is CCN(CC)P(=S)(C1C(OC2CCCCCCCCCCCC2)CCCCCCCCCC1OC1CCCCCCCCCCCC1)N(CC)CC. The van der Waals surface area contributed by atoms with E-state index < -0.39 is 6.34 Å². The van der Waals surface area contributed by atoms with E-state index in [9.17, 15) is 0 Å². The summed E-state index contributed by atoms with van der Waals surface area (Å²) >= 11 is 7.37. The van der Waals surface area contributed by atoms with E-state index >= 15 is 0 Å². The summed E-state index contributed by atoms with van der Waals surface area (Å²) in [7, 11) is 0. The predicted molar refractivity (Wildman–Crippen MR) is 234 cm³/mol. The van der Waals surface area contributed by atoms with Gasteiger partial charge in [0.15, 0.2) is 0 Å². The summed E-state index contributed by atoms with van der Waals surface area (Å²) in [6, 6.07) is 0.